The number of halogens is 1. The summed E-state index contributed by atoms with van der Waals surface area (Å²) < 4.78 is 32.0. The maximum Gasteiger partial charge on any atom is 0.293 e. The van der Waals surface area contributed by atoms with E-state index in [2.05, 4.69) is 4.57 Å². The summed E-state index contributed by atoms with van der Waals surface area (Å²) in [6, 6.07) is 21.0. The Morgan fingerprint density at radius 3 is 2.37 bits per heavy atom. The highest BCUT2D eigenvalue weighted by Crippen LogP contribution is 2.34. The number of hydrogen-bond acceptors (Lipinski definition) is 6. The highest BCUT2D eigenvalue weighted by molar-refractivity contribution is 8.18. The molecule has 3 aromatic carbocycles. The van der Waals surface area contributed by atoms with E-state index >= 15 is 0 Å². The number of thioether (sulfide) groups is 1. The summed E-state index contributed by atoms with van der Waals surface area (Å²) in [5.74, 6) is 1.09. The molecular formula is C29H25FN2O5S. The molecule has 1 saturated heterocycles. The van der Waals surface area contributed by atoms with Crippen molar-refractivity contribution in [1.82, 2.24) is 9.47 Å². The molecule has 4 aromatic rings. The first kappa shape index (κ1) is 25.4. The Morgan fingerprint density at radius 2 is 1.58 bits per heavy atom. The van der Waals surface area contributed by atoms with Crippen molar-refractivity contribution >= 4 is 39.9 Å². The second-order valence-electron chi connectivity index (χ2n) is 8.43. The van der Waals surface area contributed by atoms with Crippen LogP contribution in [0.1, 0.15) is 5.56 Å². The molecule has 0 saturated carbocycles. The van der Waals surface area contributed by atoms with Crippen molar-refractivity contribution in [2.24, 2.45) is 0 Å². The molecule has 2 amide bonds. The third kappa shape index (κ3) is 5.52. The Bertz CT molecular complexity index is 1500. The van der Waals surface area contributed by atoms with Crippen LogP contribution in [0.3, 0.4) is 0 Å². The Kier molecular flexibility index (Phi) is 7.65. The number of rotatable bonds is 10. The molecule has 1 aliphatic rings. The number of benzene rings is 3. The summed E-state index contributed by atoms with van der Waals surface area (Å²) >= 11 is 0.907. The Balaban J connectivity index is 1.28. The topological polar surface area (TPSA) is 70.0 Å². The minimum absolute atomic E-state index is 0.0986. The molecule has 7 nitrogen and oxygen atoms in total. The fourth-order valence-corrected chi connectivity index (χ4v) is 5.04. The molecule has 1 aromatic heterocycles. The van der Waals surface area contributed by atoms with Crippen molar-refractivity contribution in [2.45, 2.75) is 6.54 Å². The molecule has 1 aliphatic heterocycles. The van der Waals surface area contributed by atoms with Gasteiger partial charge in [-0.15, -0.1) is 0 Å². The van der Waals surface area contributed by atoms with Crippen molar-refractivity contribution < 1.29 is 28.2 Å². The average Bonchev–Trinajstić information content (AvgIpc) is 3.41. The fourth-order valence-electron chi connectivity index (χ4n) is 4.19. The lowest BCUT2D eigenvalue weighted by Gasteiger charge is -2.13. The van der Waals surface area contributed by atoms with Gasteiger partial charge in [0.2, 0.25) is 0 Å². The predicted octanol–water partition coefficient (Wildman–Crippen LogP) is 5.98. The minimum Gasteiger partial charge on any atom is -0.493 e. The third-order valence-electron chi connectivity index (χ3n) is 6.04. The molecule has 0 aliphatic carbocycles. The summed E-state index contributed by atoms with van der Waals surface area (Å²) in [5.41, 5.74) is 1.83. The van der Waals surface area contributed by atoms with Gasteiger partial charge in [-0.3, -0.25) is 14.5 Å². The van der Waals surface area contributed by atoms with Crippen molar-refractivity contribution in [3.8, 4) is 17.2 Å². The van der Waals surface area contributed by atoms with Gasteiger partial charge in [-0.05, 0) is 60.3 Å². The highest BCUT2D eigenvalue weighted by Gasteiger charge is 2.35. The van der Waals surface area contributed by atoms with Gasteiger partial charge in [0.25, 0.3) is 11.1 Å². The number of aromatic nitrogens is 1. The zero-order valence-corrected chi connectivity index (χ0v) is 21.4. The molecule has 0 spiro atoms. The number of imide groups is 1. The molecule has 2 heterocycles. The summed E-state index contributed by atoms with van der Waals surface area (Å²) in [7, 11) is 1.61. The van der Waals surface area contributed by atoms with Crippen LogP contribution in [0.2, 0.25) is 0 Å². The summed E-state index contributed by atoms with van der Waals surface area (Å²) in [6.45, 7) is 1.21. The van der Waals surface area contributed by atoms with Crippen LogP contribution in [0.25, 0.3) is 17.0 Å². The summed E-state index contributed by atoms with van der Waals surface area (Å²) in [5, 5.41) is 0.620. The SMILES string of the molecule is COc1ccccc1OCCn1cc(/C=C2\SC(=O)N(CCOc3ccc(F)cc3)C2=O)c2ccccc21. The highest BCUT2D eigenvalue weighted by atomic mass is 32.2. The molecule has 38 heavy (non-hydrogen) atoms. The second-order valence-corrected chi connectivity index (χ2v) is 9.42. The van der Waals surface area contributed by atoms with Crippen molar-refractivity contribution in [1.29, 1.82) is 0 Å². The fraction of sp³-hybridized carbons (Fsp3) is 0.172. The quantitative estimate of drug-likeness (QED) is 0.234. The molecule has 1 fully saturated rings. The molecular weight excluding hydrogens is 507 g/mol. The van der Waals surface area contributed by atoms with E-state index in [4.69, 9.17) is 14.2 Å². The molecule has 9 heteroatoms. The van der Waals surface area contributed by atoms with E-state index in [1.807, 2.05) is 54.7 Å². The summed E-state index contributed by atoms with van der Waals surface area (Å²) in [4.78, 5) is 27.1. The van der Waals surface area contributed by atoms with Gasteiger partial charge < -0.3 is 18.8 Å². The lowest BCUT2D eigenvalue weighted by molar-refractivity contribution is -0.123. The van der Waals surface area contributed by atoms with Crippen LogP contribution in [-0.2, 0) is 11.3 Å². The zero-order chi connectivity index (χ0) is 26.5. The predicted molar refractivity (Wildman–Crippen MR) is 145 cm³/mol. The molecule has 0 N–H and O–H groups in total. The van der Waals surface area contributed by atoms with Gasteiger partial charge in [-0.1, -0.05) is 30.3 Å². The van der Waals surface area contributed by atoms with Gasteiger partial charge in [0.1, 0.15) is 24.8 Å². The summed E-state index contributed by atoms with van der Waals surface area (Å²) in [6.07, 6.45) is 3.72. The molecule has 0 unspecified atom stereocenters. The van der Waals surface area contributed by atoms with Crippen LogP contribution in [0, 0.1) is 5.82 Å². The van der Waals surface area contributed by atoms with Crippen LogP contribution in [0.4, 0.5) is 9.18 Å². The maximum absolute atomic E-state index is 13.1. The third-order valence-corrected chi connectivity index (χ3v) is 6.94. The Morgan fingerprint density at radius 1 is 0.868 bits per heavy atom. The standard InChI is InChI=1S/C29H25FN2O5S/c1-35-25-8-4-5-9-26(25)37-16-14-31-19-20(23-6-2-3-7-24(23)31)18-27-28(33)32(29(34)38-27)15-17-36-22-12-10-21(30)11-13-22/h2-13,18-19H,14-17H2,1H3/b27-18-. The number of carbonyl (C=O) groups excluding carboxylic acids is 2. The van der Waals surface area contributed by atoms with Gasteiger partial charge >= 0.3 is 0 Å². The van der Waals surface area contributed by atoms with Gasteiger partial charge in [0.05, 0.1) is 25.1 Å². The Labute approximate surface area is 223 Å². The largest absolute Gasteiger partial charge is 0.493 e. The van der Waals surface area contributed by atoms with E-state index in [-0.39, 0.29) is 30.1 Å². The van der Waals surface area contributed by atoms with E-state index < -0.39 is 0 Å². The van der Waals surface area contributed by atoms with E-state index in [0.29, 0.717) is 35.3 Å². The number of methoxy groups -OCH3 is 1. The minimum atomic E-state index is -0.362. The molecule has 194 valence electrons. The lowest BCUT2D eigenvalue weighted by Crippen LogP contribution is -2.32. The van der Waals surface area contributed by atoms with Gasteiger partial charge in [0, 0.05) is 22.7 Å². The van der Waals surface area contributed by atoms with E-state index in [1.165, 1.54) is 29.2 Å². The van der Waals surface area contributed by atoms with E-state index in [9.17, 15) is 14.0 Å². The Hall–Kier alpha value is -4.24. The molecule has 0 bridgehead atoms. The van der Waals surface area contributed by atoms with Gasteiger partial charge in [-0.2, -0.15) is 0 Å². The number of hydrogen-bond donors (Lipinski definition) is 0. The van der Waals surface area contributed by atoms with Crippen LogP contribution >= 0.6 is 11.8 Å². The van der Waals surface area contributed by atoms with Gasteiger partial charge in [-0.25, -0.2) is 4.39 Å². The normalized spacial score (nSPS) is 14.5. The first-order valence-electron chi connectivity index (χ1n) is 12.0. The monoisotopic (exact) mass is 532 g/mol. The van der Waals surface area contributed by atoms with E-state index in [1.54, 1.807) is 13.2 Å². The van der Waals surface area contributed by atoms with Crippen LogP contribution < -0.4 is 14.2 Å². The van der Waals surface area contributed by atoms with Crippen LogP contribution in [-0.4, -0.2) is 47.5 Å². The van der Waals surface area contributed by atoms with Crippen molar-refractivity contribution in [3.05, 3.63) is 95.3 Å². The molecule has 0 radical (unpaired) electrons. The smallest absolute Gasteiger partial charge is 0.293 e. The number of nitrogens with zero attached hydrogens (tertiary/aromatic N) is 2. The number of ether oxygens (including phenoxy) is 3. The molecule has 0 atom stereocenters. The van der Waals surface area contributed by atoms with Crippen LogP contribution in [0.15, 0.2) is 83.9 Å². The lowest BCUT2D eigenvalue weighted by atomic mass is 10.1. The second kappa shape index (κ2) is 11.4. The van der Waals surface area contributed by atoms with E-state index in [0.717, 1.165) is 28.2 Å². The molecule has 5 rings (SSSR count). The maximum atomic E-state index is 13.1. The van der Waals surface area contributed by atoms with Crippen molar-refractivity contribution in [2.75, 3.05) is 26.9 Å². The van der Waals surface area contributed by atoms with Gasteiger partial charge in [0.15, 0.2) is 11.5 Å². The number of carbonyl (C=O) groups is 2. The van der Waals surface area contributed by atoms with Crippen molar-refractivity contribution in [3.63, 3.8) is 0 Å². The first-order valence-corrected chi connectivity index (χ1v) is 12.8. The number of fused-ring (bicyclic) bond motifs is 1. The zero-order valence-electron chi connectivity index (χ0n) is 20.6. The average molecular weight is 533 g/mol. The first-order chi connectivity index (χ1) is 18.5. The number of amides is 2. The van der Waals surface area contributed by atoms with Crippen LogP contribution in [0.5, 0.6) is 17.2 Å². The number of para-hydroxylation sites is 3.